The number of carbonyl (C=O) groups excluding carboxylic acids is 2. The molecule has 2 amide bonds. The molecule has 3 heterocycles. The fourth-order valence-electron chi connectivity index (χ4n) is 3.52. The van der Waals surface area contributed by atoms with Crippen LogP contribution in [0.2, 0.25) is 0 Å². The van der Waals surface area contributed by atoms with Crippen molar-refractivity contribution in [2.75, 3.05) is 26.7 Å². The Hall–Kier alpha value is -1.89. The zero-order valence-electron chi connectivity index (χ0n) is 14.9. The Morgan fingerprint density at radius 1 is 1.29 bits per heavy atom. The molecular formula is C17H26N4O3. The highest BCUT2D eigenvalue weighted by molar-refractivity contribution is 5.78. The van der Waals surface area contributed by atoms with Crippen LogP contribution in [0, 0.1) is 20.8 Å². The Morgan fingerprint density at radius 2 is 2.04 bits per heavy atom. The molecule has 7 nitrogen and oxygen atoms in total. The van der Waals surface area contributed by atoms with Gasteiger partial charge in [0.05, 0.1) is 30.9 Å². The Labute approximate surface area is 142 Å². The number of fused-ring (bicyclic) bond motifs is 1. The second-order valence-electron chi connectivity index (χ2n) is 6.80. The first-order valence-electron chi connectivity index (χ1n) is 8.54. The summed E-state index contributed by atoms with van der Waals surface area (Å²) in [5.74, 6) is 0.188. The van der Waals surface area contributed by atoms with Gasteiger partial charge in [-0.3, -0.25) is 14.3 Å². The molecule has 2 saturated heterocycles. The van der Waals surface area contributed by atoms with Crippen LogP contribution in [0.1, 0.15) is 29.8 Å². The number of likely N-dealkylation sites (N-methyl/N-ethyl adjacent to an activating group) is 1. The molecule has 132 valence electrons. The number of amides is 2. The molecule has 2 aliphatic heterocycles. The minimum absolute atomic E-state index is 0.0279. The van der Waals surface area contributed by atoms with Crippen LogP contribution in [-0.2, 0) is 20.9 Å². The number of aromatic nitrogens is 2. The predicted molar refractivity (Wildman–Crippen MR) is 88.6 cm³/mol. The highest BCUT2D eigenvalue weighted by Crippen LogP contribution is 2.23. The quantitative estimate of drug-likeness (QED) is 0.814. The van der Waals surface area contributed by atoms with E-state index >= 15 is 0 Å². The van der Waals surface area contributed by atoms with Gasteiger partial charge in [-0.25, -0.2) is 0 Å². The molecular weight excluding hydrogens is 308 g/mol. The largest absolute Gasteiger partial charge is 0.374 e. The first-order chi connectivity index (χ1) is 11.4. The zero-order chi connectivity index (χ0) is 17.4. The fourth-order valence-corrected chi connectivity index (χ4v) is 3.52. The molecule has 0 N–H and O–H groups in total. The molecule has 0 spiro atoms. The fraction of sp³-hybridized carbons (Fsp3) is 0.706. The third-order valence-corrected chi connectivity index (χ3v) is 5.41. The van der Waals surface area contributed by atoms with Crippen molar-refractivity contribution in [2.45, 2.75) is 52.3 Å². The lowest BCUT2D eigenvalue weighted by Gasteiger charge is -2.25. The second-order valence-corrected chi connectivity index (χ2v) is 6.80. The highest BCUT2D eigenvalue weighted by atomic mass is 16.5. The van der Waals surface area contributed by atoms with Gasteiger partial charge in [0.15, 0.2) is 0 Å². The summed E-state index contributed by atoms with van der Waals surface area (Å²) in [6.07, 6.45) is 0.772. The summed E-state index contributed by atoms with van der Waals surface area (Å²) in [6, 6.07) is -0.0279. The molecule has 1 aromatic rings. The molecule has 0 radical (unpaired) electrons. The molecule has 0 saturated carbocycles. The van der Waals surface area contributed by atoms with Gasteiger partial charge in [0.1, 0.15) is 0 Å². The number of hydrogen-bond acceptors (Lipinski definition) is 4. The van der Waals surface area contributed by atoms with E-state index in [2.05, 4.69) is 5.10 Å². The number of nitrogens with zero attached hydrogens (tertiary/aromatic N) is 4. The lowest BCUT2D eigenvalue weighted by Crippen LogP contribution is -2.43. The SMILES string of the molecule is Cc1nn(CCC(=O)N2C[C@@H]3OCCC(=O)N(C)[C@H]3C2)c(C)c1C. The van der Waals surface area contributed by atoms with Crippen molar-refractivity contribution in [1.82, 2.24) is 19.6 Å². The van der Waals surface area contributed by atoms with Crippen LogP contribution in [0.4, 0.5) is 0 Å². The van der Waals surface area contributed by atoms with Gasteiger partial charge in [-0.2, -0.15) is 5.10 Å². The number of rotatable bonds is 3. The molecule has 0 bridgehead atoms. The van der Waals surface area contributed by atoms with Crippen LogP contribution in [0.25, 0.3) is 0 Å². The molecule has 7 heteroatoms. The van der Waals surface area contributed by atoms with E-state index in [0.29, 0.717) is 39.1 Å². The van der Waals surface area contributed by atoms with Gasteiger partial charge in [0.25, 0.3) is 0 Å². The Balaban J connectivity index is 1.60. The molecule has 24 heavy (non-hydrogen) atoms. The lowest BCUT2D eigenvalue weighted by atomic mass is 10.2. The van der Waals surface area contributed by atoms with Crippen molar-refractivity contribution in [2.24, 2.45) is 0 Å². The Morgan fingerprint density at radius 3 is 2.71 bits per heavy atom. The van der Waals surface area contributed by atoms with Gasteiger partial charge >= 0.3 is 0 Å². The normalized spacial score (nSPS) is 24.2. The Bertz CT molecular complexity index is 655. The molecule has 2 fully saturated rings. The third kappa shape index (κ3) is 3.05. The van der Waals surface area contributed by atoms with Gasteiger partial charge in [-0.15, -0.1) is 0 Å². The summed E-state index contributed by atoms with van der Waals surface area (Å²) in [6.45, 7) is 8.22. The summed E-state index contributed by atoms with van der Waals surface area (Å²) in [5.41, 5.74) is 3.30. The van der Waals surface area contributed by atoms with E-state index < -0.39 is 0 Å². The van der Waals surface area contributed by atoms with Gasteiger partial charge in [-0.1, -0.05) is 0 Å². The van der Waals surface area contributed by atoms with Gasteiger partial charge in [0.2, 0.25) is 11.8 Å². The van der Waals surface area contributed by atoms with E-state index in [1.165, 1.54) is 5.56 Å². The highest BCUT2D eigenvalue weighted by Gasteiger charge is 2.41. The summed E-state index contributed by atoms with van der Waals surface area (Å²) >= 11 is 0. The van der Waals surface area contributed by atoms with Crippen LogP contribution < -0.4 is 0 Å². The molecule has 3 rings (SSSR count). The minimum atomic E-state index is -0.0682. The van der Waals surface area contributed by atoms with Crippen LogP contribution in [0.15, 0.2) is 0 Å². The number of ether oxygens (including phenoxy) is 1. The standard InChI is InChI=1S/C17H26N4O3/c1-11-12(2)18-21(13(11)3)7-5-17(23)20-9-14-15(10-20)24-8-6-16(22)19(14)4/h14-15H,5-10H2,1-4H3/t14-,15-/m0/s1. The molecule has 0 aliphatic carbocycles. The molecule has 0 unspecified atom stereocenters. The molecule has 2 aliphatic rings. The zero-order valence-corrected chi connectivity index (χ0v) is 14.9. The molecule has 2 atom stereocenters. The van der Waals surface area contributed by atoms with Crippen molar-refractivity contribution < 1.29 is 14.3 Å². The lowest BCUT2D eigenvalue weighted by molar-refractivity contribution is -0.133. The van der Waals surface area contributed by atoms with Crippen LogP contribution in [-0.4, -0.2) is 70.3 Å². The Kier molecular flexibility index (Phi) is 4.62. The maximum absolute atomic E-state index is 12.6. The first-order valence-corrected chi connectivity index (χ1v) is 8.54. The monoisotopic (exact) mass is 334 g/mol. The van der Waals surface area contributed by atoms with Gasteiger partial charge in [-0.05, 0) is 26.3 Å². The number of hydrogen-bond donors (Lipinski definition) is 0. The summed E-state index contributed by atoms with van der Waals surface area (Å²) in [4.78, 5) is 28.1. The van der Waals surface area contributed by atoms with E-state index in [4.69, 9.17) is 4.74 Å². The average molecular weight is 334 g/mol. The average Bonchev–Trinajstić information content (AvgIpc) is 3.05. The third-order valence-electron chi connectivity index (χ3n) is 5.41. The van der Waals surface area contributed by atoms with Gasteiger partial charge in [0, 0.05) is 38.8 Å². The maximum atomic E-state index is 12.6. The smallest absolute Gasteiger partial charge is 0.225 e. The summed E-state index contributed by atoms with van der Waals surface area (Å²) < 4.78 is 7.68. The van der Waals surface area contributed by atoms with Crippen LogP contribution >= 0.6 is 0 Å². The second kappa shape index (κ2) is 6.55. The van der Waals surface area contributed by atoms with E-state index in [9.17, 15) is 9.59 Å². The van der Waals surface area contributed by atoms with Crippen LogP contribution in [0.5, 0.6) is 0 Å². The van der Waals surface area contributed by atoms with E-state index in [1.54, 1.807) is 11.9 Å². The van der Waals surface area contributed by atoms with Crippen molar-refractivity contribution in [1.29, 1.82) is 0 Å². The predicted octanol–water partition coefficient (Wildman–Crippen LogP) is 0.657. The van der Waals surface area contributed by atoms with E-state index in [-0.39, 0.29) is 24.0 Å². The minimum Gasteiger partial charge on any atom is -0.374 e. The summed E-state index contributed by atoms with van der Waals surface area (Å²) in [7, 11) is 1.81. The number of carbonyl (C=O) groups is 2. The topological polar surface area (TPSA) is 67.7 Å². The number of aryl methyl sites for hydroxylation is 2. The molecule has 0 aromatic carbocycles. The van der Waals surface area contributed by atoms with E-state index in [1.807, 2.05) is 30.4 Å². The first kappa shape index (κ1) is 17.0. The summed E-state index contributed by atoms with van der Waals surface area (Å²) in [5, 5.41) is 4.48. The number of likely N-dealkylation sites (tertiary alicyclic amines) is 1. The van der Waals surface area contributed by atoms with Crippen molar-refractivity contribution in [3.8, 4) is 0 Å². The van der Waals surface area contributed by atoms with E-state index in [0.717, 1.165) is 11.4 Å². The maximum Gasteiger partial charge on any atom is 0.225 e. The van der Waals surface area contributed by atoms with Crippen LogP contribution in [0.3, 0.4) is 0 Å². The molecule has 1 aromatic heterocycles. The van der Waals surface area contributed by atoms with Crippen molar-refractivity contribution in [3.63, 3.8) is 0 Å². The van der Waals surface area contributed by atoms with Crippen molar-refractivity contribution in [3.05, 3.63) is 17.0 Å². The van der Waals surface area contributed by atoms with Gasteiger partial charge < -0.3 is 14.5 Å². The van der Waals surface area contributed by atoms with Crippen molar-refractivity contribution >= 4 is 11.8 Å².